The Bertz CT molecular complexity index is 740. The molecule has 22 heavy (non-hydrogen) atoms. The summed E-state index contributed by atoms with van der Waals surface area (Å²) >= 11 is 7.59. The number of dihydropyridines is 1. The molecule has 0 amide bonds. The topological polar surface area (TPSA) is 29.1 Å². The van der Waals surface area contributed by atoms with Gasteiger partial charge >= 0.3 is 0 Å². The summed E-state index contributed by atoms with van der Waals surface area (Å²) in [6.07, 6.45) is 3.36. The van der Waals surface area contributed by atoms with Crippen molar-refractivity contribution in [3.8, 4) is 0 Å². The first-order valence-corrected chi connectivity index (χ1v) is 8.85. The van der Waals surface area contributed by atoms with Gasteiger partial charge in [-0.1, -0.05) is 17.7 Å². The third-order valence-electron chi connectivity index (χ3n) is 4.49. The quantitative estimate of drug-likeness (QED) is 0.818. The Balaban J connectivity index is 1.87. The molecule has 1 aromatic carbocycles. The van der Waals surface area contributed by atoms with Crippen molar-refractivity contribution in [2.75, 3.05) is 5.75 Å². The summed E-state index contributed by atoms with van der Waals surface area (Å²) in [5.74, 6) is 0.652. The Hall–Kier alpha value is -1.26. The van der Waals surface area contributed by atoms with Crippen molar-refractivity contribution in [2.24, 2.45) is 0 Å². The van der Waals surface area contributed by atoms with Crippen molar-refractivity contribution in [2.45, 2.75) is 31.6 Å². The highest BCUT2D eigenvalue weighted by Gasteiger charge is 2.38. The molecule has 3 aliphatic rings. The van der Waals surface area contributed by atoms with Gasteiger partial charge in [0.2, 0.25) is 0 Å². The Morgan fingerprint density at radius 2 is 2.09 bits per heavy atom. The van der Waals surface area contributed by atoms with Crippen LogP contribution in [0.2, 0.25) is 5.02 Å². The van der Waals surface area contributed by atoms with E-state index in [0.29, 0.717) is 6.42 Å². The molecule has 2 aliphatic heterocycles. The van der Waals surface area contributed by atoms with E-state index in [1.54, 1.807) is 17.8 Å². The number of ketones is 1. The van der Waals surface area contributed by atoms with Gasteiger partial charge in [-0.3, -0.25) is 4.79 Å². The summed E-state index contributed by atoms with van der Waals surface area (Å²) in [6, 6.07) is 4.91. The molecule has 0 aromatic heterocycles. The van der Waals surface area contributed by atoms with E-state index in [4.69, 9.17) is 11.6 Å². The largest absolute Gasteiger partial charge is 0.361 e. The van der Waals surface area contributed by atoms with E-state index in [0.717, 1.165) is 41.8 Å². The second-order valence-corrected chi connectivity index (χ2v) is 7.39. The molecule has 0 radical (unpaired) electrons. The molecule has 1 aromatic rings. The summed E-state index contributed by atoms with van der Waals surface area (Å²) in [4.78, 5) is 13.7. The summed E-state index contributed by atoms with van der Waals surface area (Å²) in [5.41, 5.74) is 3.91. The molecule has 1 atom stereocenters. The highest BCUT2D eigenvalue weighted by atomic mass is 35.5. The van der Waals surface area contributed by atoms with E-state index in [-0.39, 0.29) is 16.7 Å². The monoisotopic (exact) mass is 335 g/mol. The molecule has 1 N–H and O–H groups in total. The van der Waals surface area contributed by atoms with Crippen molar-refractivity contribution < 1.29 is 9.18 Å². The third-order valence-corrected chi connectivity index (χ3v) is 6.00. The predicted octanol–water partition coefficient (Wildman–Crippen LogP) is 4.52. The van der Waals surface area contributed by atoms with Crippen molar-refractivity contribution in [1.82, 2.24) is 5.32 Å². The van der Waals surface area contributed by atoms with E-state index in [9.17, 15) is 9.18 Å². The molecule has 0 saturated heterocycles. The van der Waals surface area contributed by atoms with Crippen LogP contribution < -0.4 is 5.32 Å². The molecular formula is C17H15ClFNOS. The molecule has 0 saturated carbocycles. The number of carbonyl (C=O) groups is 1. The zero-order chi connectivity index (χ0) is 15.3. The number of halogens is 2. The van der Waals surface area contributed by atoms with Crippen LogP contribution in [0.5, 0.6) is 0 Å². The minimum absolute atomic E-state index is 0.120. The van der Waals surface area contributed by atoms with Crippen molar-refractivity contribution in [3.05, 3.63) is 56.5 Å². The fraction of sp³-hybridized carbons (Fsp3) is 0.353. The van der Waals surface area contributed by atoms with Crippen LogP contribution in [0.1, 0.15) is 37.2 Å². The molecule has 0 fully saturated rings. The lowest BCUT2D eigenvalue weighted by molar-refractivity contribution is -0.116. The van der Waals surface area contributed by atoms with Gasteiger partial charge in [0.25, 0.3) is 0 Å². The Morgan fingerprint density at radius 1 is 1.23 bits per heavy atom. The minimum Gasteiger partial charge on any atom is -0.361 e. The molecule has 4 rings (SSSR count). The van der Waals surface area contributed by atoms with Crippen LogP contribution in [0.25, 0.3) is 0 Å². The summed E-state index contributed by atoms with van der Waals surface area (Å²) in [5, 5.41) is 3.59. The number of Topliss-reactive ketones (excluding diaryl/α,β-unsaturated/α-hetero) is 1. The average molecular weight is 336 g/mol. The normalized spacial score (nSPS) is 24.3. The van der Waals surface area contributed by atoms with Gasteiger partial charge in [-0.25, -0.2) is 4.39 Å². The number of benzene rings is 1. The molecule has 1 unspecified atom stereocenters. The smallest absolute Gasteiger partial charge is 0.161 e. The Morgan fingerprint density at radius 3 is 2.91 bits per heavy atom. The molecule has 5 heteroatoms. The molecule has 0 bridgehead atoms. The maximum absolute atomic E-state index is 13.9. The van der Waals surface area contributed by atoms with Crippen LogP contribution in [0.15, 0.2) is 40.1 Å². The molecule has 114 valence electrons. The number of rotatable bonds is 1. The van der Waals surface area contributed by atoms with Crippen LogP contribution in [0, 0.1) is 5.82 Å². The first-order chi connectivity index (χ1) is 10.6. The average Bonchev–Trinajstić information content (AvgIpc) is 2.96. The van der Waals surface area contributed by atoms with Crippen LogP contribution in [0.3, 0.4) is 0 Å². The standard InChI is InChI=1S/C17H15ClFNOS/c18-10-5-4-9(8-11(10)19)15-16-12(2-1-3-14(16)21)20-13-6-7-22-17(13)15/h4-5,8,15,20H,1-3,6-7H2. The van der Waals surface area contributed by atoms with Crippen LogP contribution >= 0.6 is 23.4 Å². The van der Waals surface area contributed by atoms with Gasteiger partial charge in [-0.05, 0) is 37.0 Å². The molecule has 1 aliphatic carbocycles. The van der Waals surface area contributed by atoms with E-state index in [1.807, 2.05) is 6.07 Å². The third kappa shape index (κ3) is 2.20. The van der Waals surface area contributed by atoms with Gasteiger partial charge in [-0.2, -0.15) is 0 Å². The zero-order valence-corrected chi connectivity index (χ0v) is 13.5. The van der Waals surface area contributed by atoms with Gasteiger partial charge < -0.3 is 5.32 Å². The molecule has 2 nitrogen and oxygen atoms in total. The molecule has 0 spiro atoms. The lowest BCUT2D eigenvalue weighted by Crippen LogP contribution is -2.30. The SMILES string of the molecule is O=C1CCCC2=C1C(c1ccc(Cl)c(F)c1)C1=C(CCS1)N2. The highest BCUT2D eigenvalue weighted by Crippen LogP contribution is 2.50. The predicted molar refractivity (Wildman–Crippen MR) is 87.3 cm³/mol. The highest BCUT2D eigenvalue weighted by molar-refractivity contribution is 8.03. The molecular weight excluding hydrogens is 321 g/mol. The van der Waals surface area contributed by atoms with Crippen molar-refractivity contribution in [3.63, 3.8) is 0 Å². The minimum atomic E-state index is -0.423. The zero-order valence-electron chi connectivity index (χ0n) is 11.9. The van der Waals surface area contributed by atoms with Crippen LogP contribution in [0.4, 0.5) is 4.39 Å². The maximum atomic E-state index is 13.9. The number of carbonyl (C=O) groups excluding carboxylic acids is 1. The van der Waals surface area contributed by atoms with Crippen molar-refractivity contribution in [1.29, 1.82) is 0 Å². The second kappa shape index (κ2) is 5.43. The summed E-state index contributed by atoms with van der Waals surface area (Å²) in [6.45, 7) is 0. The van der Waals surface area contributed by atoms with E-state index < -0.39 is 5.82 Å². The Labute approximate surface area is 137 Å². The van der Waals surface area contributed by atoms with E-state index >= 15 is 0 Å². The van der Waals surface area contributed by atoms with Gasteiger partial charge in [0.15, 0.2) is 5.78 Å². The van der Waals surface area contributed by atoms with Crippen LogP contribution in [-0.2, 0) is 4.79 Å². The van der Waals surface area contributed by atoms with Gasteiger partial charge in [0.1, 0.15) is 5.82 Å². The van der Waals surface area contributed by atoms with Gasteiger partial charge in [0.05, 0.1) is 5.02 Å². The summed E-state index contributed by atoms with van der Waals surface area (Å²) in [7, 11) is 0. The number of hydrogen-bond acceptors (Lipinski definition) is 3. The number of thioether (sulfide) groups is 1. The van der Waals surface area contributed by atoms with Crippen LogP contribution in [-0.4, -0.2) is 11.5 Å². The first kappa shape index (κ1) is 14.3. The van der Waals surface area contributed by atoms with Gasteiger partial charge in [0, 0.05) is 40.0 Å². The molecule has 2 heterocycles. The number of nitrogens with one attached hydrogen (secondary N) is 1. The Kier molecular flexibility index (Phi) is 3.54. The first-order valence-electron chi connectivity index (χ1n) is 7.49. The second-order valence-electron chi connectivity index (χ2n) is 5.84. The van der Waals surface area contributed by atoms with Crippen molar-refractivity contribution >= 4 is 29.1 Å². The number of hydrogen-bond donors (Lipinski definition) is 1. The van der Waals surface area contributed by atoms with E-state index in [1.165, 1.54) is 16.7 Å². The number of allylic oxidation sites excluding steroid dienone is 4. The lowest BCUT2D eigenvalue weighted by atomic mass is 9.79. The van der Waals surface area contributed by atoms with E-state index in [2.05, 4.69) is 5.32 Å². The fourth-order valence-corrected chi connectivity index (χ4v) is 4.90. The lowest BCUT2D eigenvalue weighted by Gasteiger charge is -2.33. The maximum Gasteiger partial charge on any atom is 0.161 e. The fourth-order valence-electron chi connectivity index (χ4n) is 3.51. The van der Waals surface area contributed by atoms with Gasteiger partial charge in [-0.15, -0.1) is 11.8 Å². The summed E-state index contributed by atoms with van der Waals surface area (Å²) < 4.78 is 13.9.